The molecule has 1 fully saturated rings. The van der Waals surface area contributed by atoms with Crippen molar-refractivity contribution < 1.29 is 23.8 Å². The predicted molar refractivity (Wildman–Crippen MR) is 96.1 cm³/mol. The van der Waals surface area contributed by atoms with E-state index in [4.69, 9.17) is 14.2 Å². The Balaban J connectivity index is 1.74. The molecule has 1 aliphatic heterocycles. The van der Waals surface area contributed by atoms with E-state index in [0.29, 0.717) is 24.4 Å². The standard InChI is InChI=1S/C20H21NO5/c1-20(14-26-20)13-21(17-10-8-16(9-11-17)18(22)24-2)19(23)25-12-15-6-4-3-5-7-15/h3-11H,12-14H2,1-2H3. The maximum atomic E-state index is 12.7. The number of esters is 1. The first-order chi connectivity index (χ1) is 12.5. The Labute approximate surface area is 152 Å². The minimum absolute atomic E-state index is 0.188. The maximum Gasteiger partial charge on any atom is 0.414 e. The molecule has 26 heavy (non-hydrogen) atoms. The Morgan fingerprint density at radius 3 is 2.35 bits per heavy atom. The summed E-state index contributed by atoms with van der Waals surface area (Å²) in [5.74, 6) is -0.424. The quantitative estimate of drug-likeness (QED) is 0.587. The van der Waals surface area contributed by atoms with E-state index >= 15 is 0 Å². The topological polar surface area (TPSA) is 68.4 Å². The van der Waals surface area contributed by atoms with E-state index < -0.39 is 12.1 Å². The molecule has 1 heterocycles. The number of ether oxygens (including phenoxy) is 3. The lowest BCUT2D eigenvalue weighted by atomic mass is 10.1. The molecule has 0 aromatic heterocycles. The number of carbonyl (C=O) groups excluding carboxylic acids is 2. The molecule has 0 N–H and O–H groups in total. The van der Waals surface area contributed by atoms with E-state index in [1.54, 1.807) is 24.3 Å². The number of hydrogen-bond donors (Lipinski definition) is 0. The average Bonchev–Trinajstić information content (AvgIpc) is 3.42. The molecule has 6 heteroatoms. The lowest BCUT2D eigenvalue weighted by molar-refractivity contribution is 0.0600. The van der Waals surface area contributed by atoms with Gasteiger partial charge in [0.25, 0.3) is 0 Å². The van der Waals surface area contributed by atoms with Crippen LogP contribution in [0.5, 0.6) is 0 Å². The summed E-state index contributed by atoms with van der Waals surface area (Å²) < 4.78 is 15.6. The highest BCUT2D eigenvalue weighted by molar-refractivity contribution is 5.92. The molecular formula is C20H21NO5. The Kier molecular flexibility index (Phi) is 5.23. The summed E-state index contributed by atoms with van der Waals surface area (Å²) in [5.41, 5.74) is 1.60. The van der Waals surface area contributed by atoms with Crippen LogP contribution in [-0.2, 0) is 20.8 Å². The van der Waals surface area contributed by atoms with Gasteiger partial charge in [0, 0.05) is 5.69 Å². The fraction of sp³-hybridized carbons (Fsp3) is 0.300. The highest BCUT2D eigenvalue weighted by Crippen LogP contribution is 2.30. The molecule has 1 amide bonds. The van der Waals surface area contributed by atoms with Crippen molar-refractivity contribution in [3.05, 3.63) is 65.7 Å². The van der Waals surface area contributed by atoms with Crippen LogP contribution in [0.3, 0.4) is 0 Å². The van der Waals surface area contributed by atoms with Crippen LogP contribution < -0.4 is 4.90 Å². The number of benzene rings is 2. The summed E-state index contributed by atoms with van der Waals surface area (Å²) in [6.45, 7) is 3.09. The molecule has 2 aromatic rings. The third kappa shape index (κ3) is 4.40. The molecular weight excluding hydrogens is 334 g/mol. The number of epoxide rings is 1. The molecule has 3 rings (SSSR count). The number of nitrogens with zero attached hydrogens (tertiary/aromatic N) is 1. The van der Waals surface area contributed by atoms with Crippen molar-refractivity contribution in [1.29, 1.82) is 0 Å². The second kappa shape index (κ2) is 7.58. The average molecular weight is 355 g/mol. The van der Waals surface area contributed by atoms with Crippen LogP contribution in [0.2, 0.25) is 0 Å². The minimum Gasteiger partial charge on any atom is -0.465 e. The fourth-order valence-corrected chi connectivity index (χ4v) is 2.50. The molecule has 136 valence electrons. The SMILES string of the molecule is COC(=O)c1ccc(N(CC2(C)CO2)C(=O)OCc2ccccc2)cc1. The van der Waals surface area contributed by atoms with Crippen molar-refractivity contribution in [2.75, 3.05) is 25.2 Å². The summed E-state index contributed by atoms with van der Waals surface area (Å²) in [5, 5.41) is 0. The van der Waals surface area contributed by atoms with Crippen LogP contribution in [0.1, 0.15) is 22.8 Å². The van der Waals surface area contributed by atoms with Gasteiger partial charge in [-0.3, -0.25) is 4.90 Å². The number of anilines is 1. The van der Waals surface area contributed by atoms with Crippen molar-refractivity contribution in [3.63, 3.8) is 0 Å². The first-order valence-corrected chi connectivity index (χ1v) is 8.31. The number of methoxy groups -OCH3 is 1. The number of amides is 1. The molecule has 1 atom stereocenters. The van der Waals surface area contributed by atoms with Crippen LogP contribution in [0.4, 0.5) is 10.5 Å². The van der Waals surface area contributed by atoms with E-state index in [0.717, 1.165) is 5.56 Å². The molecule has 0 radical (unpaired) electrons. The largest absolute Gasteiger partial charge is 0.465 e. The van der Waals surface area contributed by atoms with Crippen LogP contribution >= 0.6 is 0 Å². The Morgan fingerprint density at radius 2 is 1.77 bits per heavy atom. The van der Waals surface area contributed by atoms with E-state index in [-0.39, 0.29) is 12.2 Å². The van der Waals surface area contributed by atoms with Gasteiger partial charge in [-0.05, 0) is 36.8 Å². The van der Waals surface area contributed by atoms with E-state index in [2.05, 4.69) is 0 Å². The van der Waals surface area contributed by atoms with E-state index in [1.165, 1.54) is 12.0 Å². The Bertz CT molecular complexity index is 769. The third-order valence-corrected chi connectivity index (χ3v) is 4.16. The molecule has 1 aliphatic rings. The highest BCUT2D eigenvalue weighted by atomic mass is 16.6. The molecule has 0 spiro atoms. The van der Waals surface area contributed by atoms with Crippen LogP contribution in [0.25, 0.3) is 0 Å². The van der Waals surface area contributed by atoms with E-state index in [9.17, 15) is 9.59 Å². The molecule has 2 aromatic carbocycles. The maximum absolute atomic E-state index is 12.7. The summed E-state index contributed by atoms with van der Waals surface area (Å²) in [6.07, 6.45) is -0.462. The summed E-state index contributed by atoms with van der Waals surface area (Å²) in [6, 6.07) is 16.1. The van der Waals surface area contributed by atoms with Gasteiger partial charge in [-0.1, -0.05) is 30.3 Å². The van der Waals surface area contributed by atoms with Gasteiger partial charge in [-0.15, -0.1) is 0 Å². The van der Waals surface area contributed by atoms with Gasteiger partial charge in [0.2, 0.25) is 0 Å². The number of rotatable bonds is 6. The zero-order valence-corrected chi connectivity index (χ0v) is 14.8. The van der Waals surface area contributed by atoms with Crippen molar-refractivity contribution in [2.45, 2.75) is 19.1 Å². The molecule has 6 nitrogen and oxygen atoms in total. The summed E-state index contributed by atoms with van der Waals surface area (Å²) in [7, 11) is 1.33. The predicted octanol–water partition coefficient (Wildman–Crippen LogP) is 3.41. The number of carbonyl (C=O) groups is 2. The fourth-order valence-electron chi connectivity index (χ4n) is 2.50. The number of hydrogen-bond acceptors (Lipinski definition) is 5. The van der Waals surface area contributed by atoms with Gasteiger partial charge in [0.05, 0.1) is 25.8 Å². The Hall–Kier alpha value is -2.86. The zero-order valence-electron chi connectivity index (χ0n) is 14.8. The highest BCUT2D eigenvalue weighted by Gasteiger charge is 2.42. The third-order valence-electron chi connectivity index (χ3n) is 4.16. The van der Waals surface area contributed by atoms with Crippen LogP contribution in [-0.4, -0.2) is 37.9 Å². The Morgan fingerprint density at radius 1 is 1.12 bits per heavy atom. The van der Waals surface area contributed by atoms with Crippen LogP contribution in [0, 0.1) is 0 Å². The van der Waals surface area contributed by atoms with Gasteiger partial charge < -0.3 is 14.2 Å². The minimum atomic E-state index is -0.462. The van der Waals surface area contributed by atoms with Gasteiger partial charge in [-0.25, -0.2) is 9.59 Å². The lowest BCUT2D eigenvalue weighted by Crippen LogP contribution is -2.38. The first kappa shape index (κ1) is 17.9. The van der Waals surface area contributed by atoms with Gasteiger partial charge in [-0.2, -0.15) is 0 Å². The van der Waals surface area contributed by atoms with Gasteiger partial charge in [0.15, 0.2) is 0 Å². The zero-order chi connectivity index (χ0) is 18.6. The molecule has 1 unspecified atom stereocenters. The molecule has 0 aliphatic carbocycles. The first-order valence-electron chi connectivity index (χ1n) is 8.31. The van der Waals surface area contributed by atoms with Gasteiger partial charge >= 0.3 is 12.1 Å². The second-order valence-electron chi connectivity index (χ2n) is 6.40. The van der Waals surface area contributed by atoms with E-state index in [1.807, 2.05) is 37.3 Å². The van der Waals surface area contributed by atoms with Crippen LogP contribution in [0.15, 0.2) is 54.6 Å². The van der Waals surface area contributed by atoms with Crippen molar-refractivity contribution in [3.8, 4) is 0 Å². The summed E-state index contributed by atoms with van der Waals surface area (Å²) in [4.78, 5) is 25.8. The normalized spacial score (nSPS) is 18.1. The second-order valence-corrected chi connectivity index (χ2v) is 6.40. The summed E-state index contributed by atoms with van der Waals surface area (Å²) >= 11 is 0. The molecule has 0 bridgehead atoms. The molecule has 1 saturated heterocycles. The van der Waals surface area contributed by atoms with Crippen molar-refractivity contribution in [1.82, 2.24) is 0 Å². The monoisotopic (exact) mass is 355 g/mol. The van der Waals surface area contributed by atoms with Gasteiger partial charge in [0.1, 0.15) is 12.2 Å². The lowest BCUT2D eigenvalue weighted by Gasteiger charge is -2.24. The molecule has 0 saturated carbocycles. The van der Waals surface area contributed by atoms with Crippen molar-refractivity contribution >= 4 is 17.7 Å². The van der Waals surface area contributed by atoms with Crippen molar-refractivity contribution in [2.24, 2.45) is 0 Å². The smallest absolute Gasteiger partial charge is 0.414 e.